The Morgan fingerprint density at radius 1 is 1.59 bits per heavy atom. The van der Waals surface area contributed by atoms with Gasteiger partial charge in [-0.15, -0.1) is 0 Å². The van der Waals surface area contributed by atoms with Crippen molar-refractivity contribution in [2.45, 2.75) is 6.10 Å². The van der Waals surface area contributed by atoms with Crippen molar-refractivity contribution < 1.29 is 9.47 Å². The van der Waals surface area contributed by atoms with E-state index in [2.05, 4.69) is 26.6 Å². The number of methoxy groups -OCH3 is 1. The van der Waals surface area contributed by atoms with Crippen LogP contribution >= 0.6 is 15.9 Å². The first-order chi connectivity index (χ1) is 8.29. The van der Waals surface area contributed by atoms with E-state index in [-0.39, 0.29) is 6.10 Å². The van der Waals surface area contributed by atoms with Crippen LogP contribution in [0.3, 0.4) is 0 Å². The van der Waals surface area contributed by atoms with Gasteiger partial charge in [-0.1, -0.05) is 15.9 Å². The molecule has 1 heterocycles. The molecular formula is C12H17BrN2O2. The molecule has 1 aliphatic heterocycles. The molecule has 2 rings (SSSR count). The number of rotatable bonds is 4. The van der Waals surface area contributed by atoms with Gasteiger partial charge in [0.2, 0.25) is 0 Å². The van der Waals surface area contributed by atoms with Crippen molar-refractivity contribution in [1.82, 2.24) is 5.32 Å². The predicted octanol–water partition coefficient (Wildman–Crippen LogP) is 1.86. The fourth-order valence-corrected chi connectivity index (χ4v) is 2.15. The van der Waals surface area contributed by atoms with Crippen LogP contribution in [0.5, 0.6) is 5.75 Å². The third-order valence-corrected chi connectivity index (χ3v) is 3.18. The summed E-state index contributed by atoms with van der Waals surface area (Å²) in [6.45, 7) is 3.39. The number of morpholine rings is 1. The van der Waals surface area contributed by atoms with Gasteiger partial charge in [0.15, 0.2) is 0 Å². The molecule has 0 bridgehead atoms. The fourth-order valence-electron chi connectivity index (χ4n) is 1.79. The summed E-state index contributed by atoms with van der Waals surface area (Å²) in [7, 11) is 1.67. The molecule has 17 heavy (non-hydrogen) atoms. The lowest BCUT2D eigenvalue weighted by Gasteiger charge is -2.24. The van der Waals surface area contributed by atoms with Gasteiger partial charge in [0.25, 0.3) is 0 Å². The van der Waals surface area contributed by atoms with E-state index >= 15 is 0 Å². The minimum absolute atomic E-state index is 0.215. The van der Waals surface area contributed by atoms with Crippen molar-refractivity contribution in [1.29, 1.82) is 0 Å². The molecular weight excluding hydrogens is 284 g/mol. The van der Waals surface area contributed by atoms with E-state index < -0.39 is 0 Å². The summed E-state index contributed by atoms with van der Waals surface area (Å²) in [4.78, 5) is 0. The van der Waals surface area contributed by atoms with E-state index in [0.717, 1.165) is 42.2 Å². The molecule has 5 heteroatoms. The second kappa shape index (κ2) is 6.23. The molecule has 0 radical (unpaired) electrons. The molecule has 1 fully saturated rings. The van der Waals surface area contributed by atoms with Crippen LogP contribution in [0, 0.1) is 0 Å². The Kier molecular flexibility index (Phi) is 4.65. The van der Waals surface area contributed by atoms with Crippen LogP contribution in [0.2, 0.25) is 0 Å². The lowest BCUT2D eigenvalue weighted by molar-refractivity contribution is 0.0372. The topological polar surface area (TPSA) is 42.5 Å². The zero-order valence-electron chi connectivity index (χ0n) is 9.83. The largest absolute Gasteiger partial charge is 0.495 e. The molecule has 2 N–H and O–H groups in total. The minimum atomic E-state index is 0.215. The van der Waals surface area contributed by atoms with Crippen LogP contribution in [0.4, 0.5) is 5.69 Å². The molecule has 94 valence electrons. The van der Waals surface area contributed by atoms with E-state index in [1.54, 1.807) is 7.11 Å². The van der Waals surface area contributed by atoms with Crippen LogP contribution in [0.15, 0.2) is 22.7 Å². The number of hydrogen-bond acceptors (Lipinski definition) is 4. The zero-order chi connectivity index (χ0) is 12.1. The van der Waals surface area contributed by atoms with E-state index in [1.807, 2.05) is 18.2 Å². The summed E-state index contributed by atoms with van der Waals surface area (Å²) in [5.74, 6) is 0.844. The van der Waals surface area contributed by atoms with Crippen LogP contribution in [-0.4, -0.2) is 39.5 Å². The Balaban J connectivity index is 1.95. The highest BCUT2D eigenvalue weighted by atomic mass is 79.9. The summed E-state index contributed by atoms with van der Waals surface area (Å²) < 4.78 is 12.0. The maximum Gasteiger partial charge on any atom is 0.142 e. The molecule has 1 unspecified atom stereocenters. The Morgan fingerprint density at radius 2 is 2.47 bits per heavy atom. The van der Waals surface area contributed by atoms with Gasteiger partial charge < -0.3 is 20.1 Å². The highest BCUT2D eigenvalue weighted by Gasteiger charge is 2.13. The van der Waals surface area contributed by atoms with Crippen molar-refractivity contribution in [3.8, 4) is 5.75 Å². The highest BCUT2D eigenvalue weighted by Crippen LogP contribution is 2.27. The van der Waals surface area contributed by atoms with Gasteiger partial charge in [-0.05, 0) is 18.2 Å². The highest BCUT2D eigenvalue weighted by molar-refractivity contribution is 9.10. The average Bonchev–Trinajstić information content (AvgIpc) is 2.38. The van der Waals surface area contributed by atoms with Crippen molar-refractivity contribution in [2.75, 3.05) is 38.7 Å². The smallest absolute Gasteiger partial charge is 0.142 e. The fraction of sp³-hybridized carbons (Fsp3) is 0.500. The van der Waals surface area contributed by atoms with Crippen LogP contribution in [0.25, 0.3) is 0 Å². The number of benzene rings is 1. The standard InChI is InChI=1S/C12H17BrN2O2/c1-16-12-3-2-9(13)6-11(12)15-8-10-7-14-4-5-17-10/h2-3,6,10,14-15H,4-5,7-8H2,1H3. The minimum Gasteiger partial charge on any atom is -0.495 e. The normalized spacial score (nSPS) is 20.0. The number of halogens is 1. The maximum absolute atomic E-state index is 5.63. The molecule has 1 aromatic rings. The Morgan fingerprint density at radius 3 is 3.18 bits per heavy atom. The molecule has 1 aromatic carbocycles. The molecule has 0 spiro atoms. The summed E-state index contributed by atoms with van der Waals surface area (Å²) in [5.41, 5.74) is 0.982. The second-order valence-corrected chi connectivity index (χ2v) is 4.84. The lowest BCUT2D eigenvalue weighted by Crippen LogP contribution is -2.42. The van der Waals surface area contributed by atoms with Crippen LogP contribution in [-0.2, 0) is 4.74 Å². The summed E-state index contributed by atoms with van der Waals surface area (Å²) in [6, 6.07) is 5.91. The van der Waals surface area contributed by atoms with Gasteiger partial charge in [-0.25, -0.2) is 0 Å². The first-order valence-corrected chi connectivity index (χ1v) is 6.48. The van der Waals surface area contributed by atoms with E-state index in [0.29, 0.717) is 0 Å². The molecule has 0 amide bonds. The van der Waals surface area contributed by atoms with Crippen LogP contribution in [0.1, 0.15) is 0 Å². The lowest BCUT2D eigenvalue weighted by atomic mass is 10.2. The number of hydrogen-bond donors (Lipinski definition) is 2. The third kappa shape index (κ3) is 3.59. The third-order valence-electron chi connectivity index (χ3n) is 2.69. The van der Waals surface area contributed by atoms with Gasteiger partial charge in [0.1, 0.15) is 5.75 Å². The van der Waals surface area contributed by atoms with E-state index in [4.69, 9.17) is 9.47 Å². The van der Waals surface area contributed by atoms with Crippen LogP contribution < -0.4 is 15.4 Å². The Labute approximate surface area is 110 Å². The van der Waals surface area contributed by atoms with Gasteiger partial charge in [-0.2, -0.15) is 0 Å². The molecule has 0 saturated carbocycles. The van der Waals surface area contributed by atoms with Gasteiger partial charge in [0.05, 0.1) is 25.5 Å². The summed E-state index contributed by atoms with van der Waals surface area (Å²) in [5, 5.41) is 6.66. The zero-order valence-corrected chi connectivity index (χ0v) is 11.4. The van der Waals surface area contributed by atoms with Gasteiger partial charge >= 0.3 is 0 Å². The average molecular weight is 301 g/mol. The predicted molar refractivity (Wildman–Crippen MR) is 71.8 cm³/mol. The molecule has 1 atom stereocenters. The molecule has 1 saturated heterocycles. The maximum atomic E-state index is 5.63. The van der Waals surface area contributed by atoms with E-state index in [9.17, 15) is 0 Å². The molecule has 0 aromatic heterocycles. The number of anilines is 1. The second-order valence-electron chi connectivity index (χ2n) is 3.92. The van der Waals surface area contributed by atoms with E-state index in [1.165, 1.54) is 0 Å². The molecule has 0 aliphatic carbocycles. The van der Waals surface area contributed by atoms with Crippen molar-refractivity contribution in [2.24, 2.45) is 0 Å². The first-order valence-electron chi connectivity index (χ1n) is 5.69. The van der Waals surface area contributed by atoms with Gasteiger partial charge in [-0.3, -0.25) is 0 Å². The van der Waals surface area contributed by atoms with Crippen molar-refractivity contribution in [3.05, 3.63) is 22.7 Å². The summed E-state index contributed by atoms with van der Waals surface area (Å²) in [6.07, 6.45) is 0.215. The van der Waals surface area contributed by atoms with Gasteiger partial charge in [0, 0.05) is 24.1 Å². The monoisotopic (exact) mass is 300 g/mol. The van der Waals surface area contributed by atoms with Crippen molar-refractivity contribution >= 4 is 21.6 Å². The Bertz CT molecular complexity index is 368. The molecule has 4 nitrogen and oxygen atoms in total. The quantitative estimate of drug-likeness (QED) is 0.891. The molecule has 1 aliphatic rings. The summed E-state index contributed by atoms with van der Waals surface area (Å²) >= 11 is 3.45. The number of nitrogens with one attached hydrogen (secondary N) is 2. The SMILES string of the molecule is COc1ccc(Br)cc1NCC1CNCCO1. The first kappa shape index (κ1) is 12.7. The Hall–Kier alpha value is -0.780. The number of ether oxygens (including phenoxy) is 2. The van der Waals surface area contributed by atoms with Crippen molar-refractivity contribution in [3.63, 3.8) is 0 Å².